The summed E-state index contributed by atoms with van der Waals surface area (Å²) in [7, 11) is 0. The van der Waals surface area contributed by atoms with E-state index in [1.165, 1.54) is 0 Å². The summed E-state index contributed by atoms with van der Waals surface area (Å²) >= 11 is 0. The molecule has 0 aliphatic heterocycles. The molecule has 180 valence electrons. The van der Waals surface area contributed by atoms with Crippen molar-refractivity contribution >= 4 is 23.7 Å². The zero-order valence-corrected chi connectivity index (χ0v) is 19.5. The van der Waals surface area contributed by atoms with Gasteiger partial charge in [0.25, 0.3) is 0 Å². The van der Waals surface area contributed by atoms with Crippen LogP contribution in [0.3, 0.4) is 0 Å². The van der Waals surface area contributed by atoms with Crippen molar-refractivity contribution in [2.75, 3.05) is 11.9 Å². The fourth-order valence-electron chi connectivity index (χ4n) is 4.47. The third kappa shape index (κ3) is 5.87. The number of nitrogens with one attached hydrogen (secondary N) is 2. The molecule has 0 saturated heterocycles. The van der Waals surface area contributed by atoms with Gasteiger partial charge in [-0.15, -0.1) is 0 Å². The molecule has 1 aliphatic rings. The highest BCUT2D eigenvalue weighted by Gasteiger charge is 2.29. The molecule has 3 N–H and O–H groups in total. The number of alkyl carbamates (subject to hydrolysis) is 1. The number of amides is 2. The molecule has 4 rings (SSSR count). The van der Waals surface area contributed by atoms with Crippen LogP contribution in [0.5, 0.6) is 0 Å². The second-order valence-corrected chi connectivity index (χ2v) is 8.67. The Bertz CT molecular complexity index is 1190. The number of hydrogen-bond donors (Lipinski definition) is 3. The maximum absolute atomic E-state index is 12.5. The van der Waals surface area contributed by atoms with Crippen LogP contribution in [0.1, 0.15) is 42.4 Å². The van der Waals surface area contributed by atoms with Crippen LogP contribution in [0.4, 0.5) is 10.5 Å². The van der Waals surface area contributed by atoms with Crippen LogP contribution in [0.25, 0.3) is 11.1 Å². The molecule has 7 heteroatoms. The molecule has 0 bridgehead atoms. The average molecular weight is 473 g/mol. The molecule has 0 saturated carbocycles. The van der Waals surface area contributed by atoms with Gasteiger partial charge in [-0.3, -0.25) is 9.59 Å². The Labute approximate surface area is 204 Å². The zero-order chi connectivity index (χ0) is 24.8. The Hall–Kier alpha value is -4.13. The number of para-hydroxylation sites is 1. The lowest BCUT2D eigenvalue weighted by Crippen LogP contribution is -2.36. The molecule has 0 spiro atoms. The number of carboxylic acid groups (broad SMARTS) is 1. The highest BCUT2D eigenvalue weighted by atomic mass is 16.5. The first-order chi connectivity index (χ1) is 16.9. The van der Waals surface area contributed by atoms with Gasteiger partial charge in [0.15, 0.2) is 0 Å². The number of carbonyl (C=O) groups excluding carboxylic acids is 2. The van der Waals surface area contributed by atoms with Gasteiger partial charge in [-0.25, -0.2) is 4.79 Å². The fraction of sp³-hybridized carbons (Fsp3) is 0.250. The zero-order valence-electron chi connectivity index (χ0n) is 19.5. The first-order valence-corrected chi connectivity index (χ1v) is 11.6. The van der Waals surface area contributed by atoms with Crippen LogP contribution in [-0.4, -0.2) is 35.7 Å². The summed E-state index contributed by atoms with van der Waals surface area (Å²) < 4.78 is 5.55. The van der Waals surface area contributed by atoms with E-state index in [9.17, 15) is 14.4 Å². The number of benzene rings is 3. The van der Waals surface area contributed by atoms with E-state index in [0.717, 1.165) is 27.8 Å². The van der Waals surface area contributed by atoms with Gasteiger partial charge in [-0.2, -0.15) is 0 Å². The predicted octanol–water partition coefficient (Wildman–Crippen LogP) is 4.96. The number of anilines is 1. The van der Waals surface area contributed by atoms with Gasteiger partial charge in [0.1, 0.15) is 6.61 Å². The lowest BCUT2D eigenvalue weighted by Gasteiger charge is -2.17. The number of rotatable bonds is 9. The molecule has 3 aromatic rings. The van der Waals surface area contributed by atoms with E-state index < -0.39 is 18.1 Å². The number of carbonyl (C=O) groups is 3. The van der Waals surface area contributed by atoms with E-state index in [2.05, 4.69) is 34.9 Å². The molecule has 0 radical (unpaired) electrons. The molecule has 0 aromatic heterocycles. The summed E-state index contributed by atoms with van der Waals surface area (Å²) in [6.45, 7) is 1.94. The first-order valence-electron chi connectivity index (χ1n) is 11.6. The molecule has 1 unspecified atom stereocenters. The molecular formula is C28H28N2O5. The third-order valence-electron chi connectivity index (χ3n) is 6.10. The monoisotopic (exact) mass is 472 g/mol. The van der Waals surface area contributed by atoms with Crippen LogP contribution < -0.4 is 10.6 Å². The molecule has 0 fully saturated rings. The van der Waals surface area contributed by atoms with Crippen LogP contribution in [0.15, 0.2) is 72.8 Å². The Morgan fingerprint density at radius 1 is 0.914 bits per heavy atom. The summed E-state index contributed by atoms with van der Waals surface area (Å²) in [5.74, 6) is -1.21. The lowest BCUT2D eigenvalue weighted by atomic mass is 9.98. The summed E-state index contributed by atoms with van der Waals surface area (Å²) in [5.41, 5.74) is 5.91. The minimum absolute atomic E-state index is 0.0212. The van der Waals surface area contributed by atoms with Crippen molar-refractivity contribution in [1.29, 1.82) is 0 Å². The van der Waals surface area contributed by atoms with E-state index in [1.807, 2.05) is 24.3 Å². The van der Waals surface area contributed by atoms with Crippen molar-refractivity contribution in [3.8, 4) is 11.1 Å². The maximum atomic E-state index is 12.5. The van der Waals surface area contributed by atoms with Crippen molar-refractivity contribution in [3.63, 3.8) is 0 Å². The average Bonchev–Trinajstić information content (AvgIpc) is 3.15. The first kappa shape index (κ1) is 24.0. The van der Waals surface area contributed by atoms with Crippen LogP contribution in [0.2, 0.25) is 0 Å². The van der Waals surface area contributed by atoms with E-state index in [-0.39, 0.29) is 31.3 Å². The second-order valence-electron chi connectivity index (χ2n) is 8.67. The van der Waals surface area contributed by atoms with Crippen molar-refractivity contribution in [3.05, 3.63) is 89.5 Å². The van der Waals surface area contributed by atoms with Gasteiger partial charge in [0, 0.05) is 30.5 Å². The highest BCUT2D eigenvalue weighted by molar-refractivity contribution is 5.92. The minimum atomic E-state index is -0.896. The Morgan fingerprint density at radius 3 is 2.17 bits per heavy atom. The van der Waals surface area contributed by atoms with E-state index in [4.69, 9.17) is 9.84 Å². The standard InChI is InChI=1S/C28H28N2O5/c1-18(16-26(31)30-25-13-7-2-8-19(25)14-15-27(32)33)29-28(34)35-17-24-22-11-5-3-9-20(22)21-10-4-6-12-23(21)24/h2-13,18,24H,14-17H2,1H3,(H,29,34)(H,30,31)(H,32,33). The van der Waals surface area contributed by atoms with Gasteiger partial charge < -0.3 is 20.5 Å². The van der Waals surface area contributed by atoms with Crippen LogP contribution in [-0.2, 0) is 20.7 Å². The number of aliphatic carboxylic acids is 1. The quantitative estimate of drug-likeness (QED) is 0.408. The molecule has 2 amide bonds. The highest BCUT2D eigenvalue weighted by Crippen LogP contribution is 2.44. The molecular weight excluding hydrogens is 444 g/mol. The number of ether oxygens (including phenoxy) is 1. The Balaban J connectivity index is 1.29. The van der Waals surface area contributed by atoms with Crippen molar-refractivity contribution < 1.29 is 24.2 Å². The number of fused-ring (bicyclic) bond motifs is 3. The van der Waals surface area contributed by atoms with Crippen molar-refractivity contribution in [2.24, 2.45) is 0 Å². The summed E-state index contributed by atoms with van der Waals surface area (Å²) in [4.78, 5) is 35.8. The number of hydrogen-bond acceptors (Lipinski definition) is 4. The predicted molar refractivity (Wildman–Crippen MR) is 133 cm³/mol. The van der Waals surface area contributed by atoms with Gasteiger partial charge in [-0.05, 0) is 47.2 Å². The summed E-state index contributed by atoms with van der Waals surface area (Å²) in [5, 5.41) is 14.5. The van der Waals surface area contributed by atoms with E-state index >= 15 is 0 Å². The van der Waals surface area contributed by atoms with Crippen molar-refractivity contribution in [2.45, 2.75) is 38.1 Å². The molecule has 1 atom stereocenters. The summed E-state index contributed by atoms with van der Waals surface area (Å²) in [6, 6.07) is 22.9. The minimum Gasteiger partial charge on any atom is -0.481 e. The maximum Gasteiger partial charge on any atom is 0.407 e. The van der Waals surface area contributed by atoms with Gasteiger partial charge in [-0.1, -0.05) is 66.7 Å². The smallest absolute Gasteiger partial charge is 0.407 e. The largest absolute Gasteiger partial charge is 0.481 e. The topological polar surface area (TPSA) is 105 Å². The molecule has 3 aromatic carbocycles. The second kappa shape index (κ2) is 10.9. The SMILES string of the molecule is CC(CC(=O)Nc1ccccc1CCC(=O)O)NC(=O)OCC1c2ccccc2-c2ccccc21. The fourth-order valence-corrected chi connectivity index (χ4v) is 4.47. The molecule has 1 aliphatic carbocycles. The number of carboxylic acids is 1. The van der Waals surface area contributed by atoms with Gasteiger partial charge >= 0.3 is 12.1 Å². The Morgan fingerprint density at radius 2 is 1.51 bits per heavy atom. The molecule has 35 heavy (non-hydrogen) atoms. The van der Waals surface area contributed by atoms with E-state index in [1.54, 1.807) is 31.2 Å². The third-order valence-corrected chi connectivity index (χ3v) is 6.10. The number of aryl methyl sites for hydroxylation is 1. The van der Waals surface area contributed by atoms with Gasteiger partial charge in [0.2, 0.25) is 5.91 Å². The van der Waals surface area contributed by atoms with Crippen LogP contribution >= 0.6 is 0 Å². The van der Waals surface area contributed by atoms with Crippen LogP contribution in [0, 0.1) is 0 Å². The Kier molecular flexibility index (Phi) is 7.45. The molecule has 7 nitrogen and oxygen atoms in total. The van der Waals surface area contributed by atoms with Gasteiger partial charge in [0.05, 0.1) is 0 Å². The molecule has 0 heterocycles. The van der Waals surface area contributed by atoms with E-state index in [0.29, 0.717) is 12.1 Å². The normalized spacial score (nSPS) is 12.8. The van der Waals surface area contributed by atoms with Crippen molar-refractivity contribution in [1.82, 2.24) is 5.32 Å². The lowest BCUT2D eigenvalue weighted by molar-refractivity contribution is -0.137. The summed E-state index contributed by atoms with van der Waals surface area (Å²) in [6.07, 6.45) is -0.224.